The quantitative estimate of drug-likeness (QED) is 0.423. The van der Waals surface area contributed by atoms with Gasteiger partial charge in [0.1, 0.15) is 0 Å². The Labute approximate surface area is 78.9 Å². The van der Waals surface area contributed by atoms with Crippen molar-refractivity contribution in [2.45, 2.75) is 25.8 Å². The van der Waals surface area contributed by atoms with Crippen molar-refractivity contribution in [3.05, 3.63) is 12.7 Å². The summed E-state index contributed by atoms with van der Waals surface area (Å²) in [7, 11) is -3.91. The van der Waals surface area contributed by atoms with Gasteiger partial charge < -0.3 is 14.4 Å². The molecule has 0 radical (unpaired) electrons. The van der Waals surface area contributed by atoms with Crippen molar-refractivity contribution in [2.24, 2.45) is 5.92 Å². The van der Waals surface area contributed by atoms with Gasteiger partial charge in [0.05, 0.1) is 0 Å². The molecule has 0 aromatic rings. The lowest BCUT2D eigenvalue weighted by atomic mass is 10.0. The average molecular weight is 204 g/mol. The van der Waals surface area contributed by atoms with Gasteiger partial charge in [-0.05, 0) is 18.9 Å². The Morgan fingerprint density at radius 3 is 2.46 bits per heavy atom. The summed E-state index contributed by atoms with van der Waals surface area (Å²) in [4.78, 5) is 37.0. The van der Waals surface area contributed by atoms with Gasteiger partial charge in [-0.1, -0.05) is 13.5 Å². The molecule has 0 saturated carbocycles. The van der Waals surface area contributed by atoms with E-state index in [0.717, 1.165) is 0 Å². The van der Waals surface area contributed by atoms with E-state index < -0.39 is 8.80 Å². The van der Waals surface area contributed by atoms with Crippen LogP contribution in [0.4, 0.5) is 0 Å². The predicted octanol–water partition coefficient (Wildman–Crippen LogP) is 0.0736. The molecule has 0 aromatic heterocycles. The Morgan fingerprint density at radius 1 is 1.54 bits per heavy atom. The second-order valence-corrected chi connectivity index (χ2v) is 5.22. The van der Waals surface area contributed by atoms with Gasteiger partial charge in [0.2, 0.25) is 0 Å². The number of rotatable bonds is 6. The van der Waals surface area contributed by atoms with Crippen molar-refractivity contribution in [3.63, 3.8) is 0 Å². The summed E-state index contributed by atoms with van der Waals surface area (Å²) < 4.78 is 0. The lowest BCUT2D eigenvalue weighted by molar-refractivity contribution is -0.117. The second-order valence-electron chi connectivity index (χ2n) is 3.17. The summed E-state index contributed by atoms with van der Waals surface area (Å²) in [5.41, 5.74) is 0. The van der Waals surface area contributed by atoms with Crippen molar-refractivity contribution in [1.82, 2.24) is 0 Å². The van der Waals surface area contributed by atoms with E-state index in [-0.39, 0.29) is 17.7 Å². The molecule has 1 atom stereocenters. The van der Waals surface area contributed by atoms with Crippen molar-refractivity contribution in [3.8, 4) is 0 Å². The first kappa shape index (κ1) is 12.5. The highest BCUT2D eigenvalue weighted by atomic mass is 28.4. The average Bonchev–Trinajstić information content (AvgIpc) is 2.00. The third-order valence-electron chi connectivity index (χ3n) is 1.84. The van der Waals surface area contributed by atoms with Crippen LogP contribution in [0.3, 0.4) is 0 Å². The van der Waals surface area contributed by atoms with Crippen LogP contribution in [-0.4, -0.2) is 29.0 Å². The van der Waals surface area contributed by atoms with E-state index >= 15 is 0 Å². The maximum atomic E-state index is 11.0. The summed E-state index contributed by atoms with van der Waals surface area (Å²) >= 11 is 0. The van der Waals surface area contributed by atoms with Crippen LogP contribution in [-0.2, 0) is 4.79 Å². The lowest BCUT2D eigenvalue weighted by Crippen LogP contribution is -2.34. The van der Waals surface area contributed by atoms with Crippen molar-refractivity contribution in [1.29, 1.82) is 0 Å². The molecule has 1 unspecified atom stereocenters. The van der Waals surface area contributed by atoms with Crippen LogP contribution in [0.1, 0.15) is 19.8 Å². The Balaban J connectivity index is 3.65. The first-order valence-corrected chi connectivity index (χ1v) is 6.25. The topological polar surface area (TPSA) is 77.8 Å². The summed E-state index contributed by atoms with van der Waals surface area (Å²) in [6.07, 6.45) is 2.24. The fourth-order valence-electron chi connectivity index (χ4n) is 0.989. The minimum Gasteiger partial charge on any atom is -0.390 e. The van der Waals surface area contributed by atoms with E-state index in [1.807, 2.05) is 0 Å². The molecule has 0 aliphatic carbocycles. The van der Waals surface area contributed by atoms with Crippen LogP contribution in [0.25, 0.3) is 0 Å². The number of hydrogen-bond donors (Lipinski definition) is 3. The third kappa shape index (κ3) is 6.65. The molecule has 0 amide bonds. The molecule has 0 rings (SSSR count). The maximum Gasteiger partial charge on any atom is 0.492 e. The summed E-state index contributed by atoms with van der Waals surface area (Å²) in [6.45, 7) is 5.10. The predicted molar refractivity (Wildman–Crippen MR) is 50.8 cm³/mol. The second kappa shape index (κ2) is 5.28. The van der Waals surface area contributed by atoms with E-state index in [4.69, 9.17) is 14.4 Å². The van der Waals surface area contributed by atoms with E-state index in [1.54, 1.807) is 6.92 Å². The number of carbonyl (C=O) groups is 1. The van der Waals surface area contributed by atoms with E-state index in [1.165, 1.54) is 6.08 Å². The zero-order valence-electron chi connectivity index (χ0n) is 7.73. The van der Waals surface area contributed by atoms with Gasteiger partial charge in [-0.2, -0.15) is 0 Å². The monoisotopic (exact) mass is 204 g/mol. The first-order valence-electron chi connectivity index (χ1n) is 4.20. The van der Waals surface area contributed by atoms with Crippen molar-refractivity contribution >= 4 is 14.6 Å². The van der Waals surface area contributed by atoms with Gasteiger partial charge in [0.15, 0.2) is 5.78 Å². The molecule has 0 saturated heterocycles. The van der Waals surface area contributed by atoms with Gasteiger partial charge in [0.25, 0.3) is 0 Å². The normalized spacial score (nSPS) is 13.8. The third-order valence-corrected chi connectivity index (χ3v) is 2.86. The molecule has 4 nitrogen and oxygen atoms in total. The molecule has 13 heavy (non-hydrogen) atoms. The fourth-order valence-corrected chi connectivity index (χ4v) is 1.67. The molecule has 5 heteroatoms. The van der Waals surface area contributed by atoms with E-state index in [2.05, 4.69) is 6.58 Å². The van der Waals surface area contributed by atoms with Crippen LogP contribution in [0.5, 0.6) is 0 Å². The summed E-state index contributed by atoms with van der Waals surface area (Å²) in [5.74, 6) is -0.213. The Bertz CT molecular complexity index is 185. The SMILES string of the molecule is C=CC(=O)C(C)CCC[Si](O)(O)O. The molecule has 0 bridgehead atoms. The number of hydrogen-bond acceptors (Lipinski definition) is 4. The number of ketones is 1. The van der Waals surface area contributed by atoms with E-state index in [0.29, 0.717) is 12.8 Å². The molecule has 0 aliphatic heterocycles. The van der Waals surface area contributed by atoms with Gasteiger partial charge in [-0.25, -0.2) is 0 Å². The number of carbonyl (C=O) groups excluding carboxylic acids is 1. The molecular formula is C8H16O4Si. The van der Waals surface area contributed by atoms with Gasteiger partial charge >= 0.3 is 8.80 Å². The molecule has 3 N–H and O–H groups in total. The molecule has 0 aliphatic rings. The summed E-state index contributed by atoms with van der Waals surface area (Å²) in [6, 6.07) is -0.0121. The minimum absolute atomic E-state index is 0.0121. The van der Waals surface area contributed by atoms with Crippen LogP contribution in [0, 0.1) is 5.92 Å². The van der Waals surface area contributed by atoms with Crippen LogP contribution >= 0.6 is 0 Å². The summed E-state index contributed by atoms with van der Waals surface area (Å²) in [5, 5.41) is 0. The lowest BCUT2D eigenvalue weighted by Gasteiger charge is -2.10. The molecule has 0 fully saturated rings. The minimum atomic E-state index is -3.91. The molecule has 0 heterocycles. The molecule has 0 spiro atoms. The van der Waals surface area contributed by atoms with Crippen LogP contribution in [0.2, 0.25) is 6.04 Å². The highest BCUT2D eigenvalue weighted by Gasteiger charge is 2.26. The first-order chi connectivity index (χ1) is 5.87. The smallest absolute Gasteiger partial charge is 0.390 e. The highest BCUT2D eigenvalue weighted by Crippen LogP contribution is 2.12. The molecule has 76 valence electrons. The van der Waals surface area contributed by atoms with Crippen LogP contribution in [0.15, 0.2) is 12.7 Å². The zero-order valence-corrected chi connectivity index (χ0v) is 8.73. The van der Waals surface area contributed by atoms with Gasteiger partial charge in [-0.15, -0.1) is 0 Å². The van der Waals surface area contributed by atoms with Crippen LogP contribution < -0.4 is 0 Å². The largest absolute Gasteiger partial charge is 0.492 e. The molecular weight excluding hydrogens is 188 g/mol. The van der Waals surface area contributed by atoms with Crippen molar-refractivity contribution in [2.75, 3.05) is 0 Å². The van der Waals surface area contributed by atoms with E-state index in [9.17, 15) is 4.79 Å². The van der Waals surface area contributed by atoms with Gasteiger partial charge in [0, 0.05) is 12.0 Å². The molecule has 0 aromatic carbocycles. The Kier molecular flexibility index (Phi) is 5.08. The van der Waals surface area contributed by atoms with Gasteiger partial charge in [-0.3, -0.25) is 4.79 Å². The number of allylic oxidation sites excluding steroid dienone is 1. The van der Waals surface area contributed by atoms with Crippen molar-refractivity contribution < 1.29 is 19.2 Å². The Hall–Kier alpha value is -0.493. The maximum absolute atomic E-state index is 11.0. The highest BCUT2D eigenvalue weighted by molar-refractivity contribution is 6.56. The zero-order chi connectivity index (χ0) is 10.5. The standard InChI is InChI=1S/C8H16O4Si/c1-3-8(9)7(2)5-4-6-13(10,11)12/h3,7,10-12H,1,4-6H2,2H3. The fraction of sp³-hybridized carbons (Fsp3) is 0.625. The Morgan fingerprint density at radius 2 is 2.08 bits per heavy atom.